The lowest BCUT2D eigenvalue weighted by molar-refractivity contribution is 0.0697. The highest BCUT2D eigenvalue weighted by Crippen LogP contribution is 2.29. The number of hydrogen-bond acceptors (Lipinski definition) is 4. The van der Waals surface area contributed by atoms with Crippen molar-refractivity contribution in [2.75, 3.05) is 0 Å². The molecule has 2 aromatic carbocycles. The van der Waals surface area contributed by atoms with E-state index in [0.29, 0.717) is 18.0 Å². The van der Waals surface area contributed by atoms with Gasteiger partial charge in [-0.1, -0.05) is 31.2 Å². The molecular formula is C19H20N2O2S. The zero-order valence-electron chi connectivity index (χ0n) is 13.7. The third kappa shape index (κ3) is 3.63. The molecule has 0 saturated heterocycles. The molecule has 0 fully saturated rings. The minimum Gasteiger partial charge on any atom is -0.478 e. The minimum atomic E-state index is -0.896. The first-order valence-corrected chi connectivity index (χ1v) is 8.77. The number of fused-ring (bicyclic) bond motifs is 1. The van der Waals surface area contributed by atoms with Crippen molar-refractivity contribution in [3.05, 3.63) is 64.7 Å². The van der Waals surface area contributed by atoms with E-state index in [-0.39, 0.29) is 6.04 Å². The van der Waals surface area contributed by atoms with E-state index in [2.05, 4.69) is 25.2 Å². The maximum absolute atomic E-state index is 10.9. The maximum atomic E-state index is 10.9. The highest BCUT2D eigenvalue weighted by Gasteiger charge is 2.18. The highest BCUT2D eigenvalue weighted by molar-refractivity contribution is 7.18. The molecule has 0 saturated carbocycles. The van der Waals surface area contributed by atoms with Crippen LogP contribution in [0.5, 0.6) is 0 Å². The number of thiazole rings is 1. The molecule has 2 unspecified atom stereocenters. The first-order chi connectivity index (χ1) is 11.5. The lowest BCUT2D eigenvalue weighted by Crippen LogP contribution is -2.30. The van der Waals surface area contributed by atoms with Crippen molar-refractivity contribution < 1.29 is 9.90 Å². The summed E-state index contributed by atoms with van der Waals surface area (Å²) in [6.07, 6.45) is 0. The van der Waals surface area contributed by atoms with Gasteiger partial charge in [-0.15, -0.1) is 11.3 Å². The molecular weight excluding hydrogens is 320 g/mol. The monoisotopic (exact) mass is 340 g/mol. The van der Waals surface area contributed by atoms with E-state index in [9.17, 15) is 4.79 Å². The molecule has 2 N–H and O–H groups in total. The van der Waals surface area contributed by atoms with Gasteiger partial charge in [-0.25, -0.2) is 9.78 Å². The van der Waals surface area contributed by atoms with Crippen LogP contribution < -0.4 is 5.32 Å². The van der Waals surface area contributed by atoms with E-state index in [1.807, 2.05) is 30.3 Å². The number of para-hydroxylation sites is 1. The predicted molar refractivity (Wildman–Crippen MR) is 97.7 cm³/mol. The third-order valence-electron chi connectivity index (χ3n) is 4.28. The molecule has 0 spiro atoms. The minimum absolute atomic E-state index is 0.268. The van der Waals surface area contributed by atoms with Gasteiger partial charge >= 0.3 is 5.97 Å². The number of rotatable bonds is 6. The summed E-state index contributed by atoms with van der Waals surface area (Å²) in [6.45, 7) is 5.04. The van der Waals surface area contributed by atoms with Crippen molar-refractivity contribution in [1.29, 1.82) is 0 Å². The zero-order chi connectivity index (χ0) is 17.1. The van der Waals surface area contributed by atoms with Gasteiger partial charge < -0.3 is 10.4 Å². The average Bonchev–Trinajstić information content (AvgIpc) is 3.03. The van der Waals surface area contributed by atoms with Gasteiger partial charge in [0.05, 0.1) is 20.8 Å². The standard InChI is InChI=1S/C19H20N2O2S/c1-12(18-21-16-5-3-4-6-17(16)24-18)13(2)20-11-14-7-9-15(10-8-14)19(22)23/h3-10,12-13,20H,11H2,1-2H3,(H,22,23). The van der Waals surface area contributed by atoms with Crippen LogP contribution in [0.1, 0.15) is 40.7 Å². The fourth-order valence-electron chi connectivity index (χ4n) is 2.52. The molecule has 3 aromatic rings. The Bertz CT molecular complexity index is 809. The van der Waals surface area contributed by atoms with Gasteiger partial charge in [0.2, 0.25) is 0 Å². The number of carboxylic acid groups (broad SMARTS) is 1. The summed E-state index contributed by atoms with van der Waals surface area (Å²) < 4.78 is 1.22. The molecule has 124 valence electrons. The smallest absolute Gasteiger partial charge is 0.335 e. The first-order valence-electron chi connectivity index (χ1n) is 7.95. The van der Waals surface area contributed by atoms with Crippen molar-refractivity contribution in [2.45, 2.75) is 32.4 Å². The molecule has 5 heteroatoms. The Kier molecular flexibility index (Phi) is 4.92. The largest absolute Gasteiger partial charge is 0.478 e. The number of carbonyl (C=O) groups is 1. The van der Waals surface area contributed by atoms with Crippen LogP contribution in [0.25, 0.3) is 10.2 Å². The van der Waals surface area contributed by atoms with E-state index < -0.39 is 5.97 Å². The summed E-state index contributed by atoms with van der Waals surface area (Å²) in [5, 5.41) is 13.6. The van der Waals surface area contributed by atoms with Crippen LogP contribution in [-0.4, -0.2) is 22.1 Å². The molecule has 3 rings (SSSR count). The normalized spacial score (nSPS) is 13.8. The lowest BCUT2D eigenvalue weighted by atomic mass is 10.0. The van der Waals surface area contributed by atoms with Crippen LogP contribution in [0.15, 0.2) is 48.5 Å². The van der Waals surface area contributed by atoms with Crippen LogP contribution in [0.2, 0.25) is 0 Å². The van der Waals surface area contributed by atoms with Gasteiger partial charge in [-0.05, 0) is 36.8 Å². The van der Waals surface area contributed by atoms with Crippen LogP contribution in [0.3, 0.4) is 0 Å². The van der Waals surface area contributed by atoms with Crippen molar-refractivity contribution in [3.8, 4) is 0 Å². The summed E-state index contributed by atoms with van der Waals surface area (Å²) in [7, 11) is 0. The molecule has 4 nitrogen and oxygen atoms in total. The Labute approximate surface area is 145 Å². The second-order valence-electron chi connectivity index (χ2n) is 5.98. The SMILES string of the molecule is CC(NCc1ccc(C(=O)O)cc1)C(C)c1nc2ccccc2s1. The number of aromatic nitrogens is 1. The van der Waals surface area contributed by atoms with Gasteiger partial charge in [0.25, 0.3) is 0 Å². The molecule has 0 bridgehead atoms. The molecule has 1 heterocycles. The second kappa shape index (κ2) is 7.11. The lowest BCUT2D eigenvalue weighted by Gasteiger charge is -2.19. The first kappa shape index (κ1) is 16.6. The summed E-state index contributed by atoms with van der Waals surface area (Å²) in [5.74, 6) is -0.590. The highest BCUT2D eigenvalue weighted by atomic mass is 32.1. The van der Waals surface area contributed by atoms with Crippen LogP contribution >= 0.6 is 11.3 Å². The van der Waals surface area contributed by atoms with Crippen LogP contribution in [-0.2, 0) is 6.54 Å². The van der Waals surface area contributed by atoms with Crippen molar-refractivity contribution in [3.63, 3.8) is 0 Å². The van der Waals surface area contributed by atoms with Crippen LogP contribution in [0, 0.1) is 0 Å². The van der Waals surface area contributed by atoms with Crippen molar-refractivity contribution >= 4 is 27.5 Å². The zero-order valence-corrected chi connectivity index (χ0v) is 14.5. The van der Waals surface area contributed by atoms with E-state index in [1.54, 1.807) is 23.5 Å². The van der Waals surface area contributed by atoms with Gasteiger partial charge in [-0.2, -0.15) is 0 Å². The average molecular weight is 340 g/mol. The summed E-state index contributed by atoms with van der Waals surface area (Å²) in [6, 6.07) is 15.5. The van der Waals surface area contributed by atoms with Crippen molar-refractivity contribution in [1.82, 2.24) is 10.3 Å². The fraction of sp³-hybridized carbons (Fsp3) is 0.263. The Morgan fingerprint density at radius 3 is 2.54 bits per heavy atom. The Morgan fingerprint density at radius 1 is 1.17 bits per heavy atom. The number of aromatic carboxylic acids is 1. The molecule has 24 heavy (non-hydrogen) atoms. The molecule has 0 aliphatic rings. The quantitative estimate of drug-likeness (QED) is 0.703. The molecule has 0 amide bonds. The Morgan fingerprint density at radius 2 is 1.88 bits per heavy atom. The van der Waals surface area contributed by atoms with Gasteiger partial charge in [0.1, 0.15) is 0 Å². The molecule has 2 atom stereocenters. The summed E-state index contributed by atoms with van der Waals surface area (Å²) in [4.78, 5) is 15.6. The predicted octanol–water partition coefficient (Wildman–Crippen LogP) is 4.28. The molecule has 0 radical (unpaired) electrons. The topological polar surface area (TPSA) is 62.2 Å². The molecule has 0 aliphatic carbocycles. The number of hydrogen-bond donors (Lipinski definition) is 2. The van der Waals surface area contributed by atoms with Gasteiger partial charge in [0, 0.05) is 18.5 Å². The summed E-state index contributed by atoms with van der Waals surface area (Å²) >= 11 is 1.74. The van der Waals surface area contributed by atoms with Crippen molar-refractivity contribution in [2.24, 2.45) is 0 Å². The van der Waals surface area contributed by atoms with Gasteiger partial charge in [0.15, 0.2) is 0 Å². The van der Waals surface area contributed by atoms with E-state index in [0.717, 1.165) is 16.1 Å². The number of nitrogens with zero attached hydrogens (tertiary/aromatic N) is 1. The maximum Gasteiger partial charge on any atom is 0.335 e. The van der Waals surface area contributed by atoms with E-state index in [1.165, 1.54) is 4.70 Å². The molecule has 1 aromatic heterocycles. The van der Waals surface area contributed by atoms with Crippen LogP contribution in [0.4, 0.5) is 0 Å². The van der Waals surface area contributed by atoms with E-state index in [4.69, 9.17) is 10.1 Å². The fourth-order valence-corrected chi connectivity index (χ4v) is 3.64. The Balaban J connectivity index is 1.63. The van der Waals surface area contributed by atoms with Gasteiger partial charge in [-0.3, -0.25) is 0 Å². The number of nitrogens with one attached hydrogen (secondary N) is 1. The Hall–Kier alpha value is -2.24. The molecule has 0 aliphatic heterocycles. The second-order valence-corrected chi connectivity index (χ2v) is 7.04. The third-order valence-corrected chi connectivity index (χ3v) is 5.52. The van der Waals surface area contributed by atoms with E-state index >= 15 is 0 Å². The number of benzene rings is 2. The summed E-state index contributed by atoms with van der Waals surface area (Å²) in [5.41, 5.74) is 2.44. The number of carboxylic acids is 1.